The average molecular weight is 395 g/mol. The molecule has 0 bridgehead atoms. The van der Waals surface area contributed by atoms with E-state index in [9.17, 15) is 22.8 Å². The topological polar surface area (TPSA) is 59.8 Å². The molecular weight excluding hydrogens is 375 g/mol. The van der Waals surface area contributed by atoms with Crippen LogP contribution in [-0.2, 0) is 15.7 Å². The summed E-state index contributed by atoms with van der Waals surface area (Å²) >= 11 is 0. The van der Waals surface area contributed by atoms with Crippen molar-refractivity contribution in [3.63, 3.8) is 0 Å². The molecule has 0 radical (unpaired) electrons. The molecule has 1 fully saturated rings. The summed E-state index contributed by atoms with van der Waals surface area (Å²) in [6, 6.07) is 7.30. The molecule has 3 rings (SSSR count). The van der Waals surface area contributed by atoms with Crippen LogP contribution < -0.4 is 0 Å². The van der Waals surface area contributed by atoms with Gasteiger partial charge in [-0.05, 0) is 43.0 Å². The highest BCUT2D eigenvalue weighted by Crippen LogP contribution is 2.32. The number of piperidine rings is 1. The molecular formula is C20H20F3NO4. The van der Waals surface area contributed by atoms with Crippen molar-refractivity contribution in [2.45, 2.75) is 25.9 Å². The van der Waals surface area contributed by atoms with Crippen LogP contribution in [0.5, 0.6) is 0 Å². The third kappa shape index (κ3) is 4.74. The summed E-state index contributed by atoms with van der Waals surface area (Å²) in [5.41, 5.74) is -0.626. The van der Waals surface area contributed by atoms with E-state index in [0.717, 1.165) is 25.0 Å². The zero-order chi connectivity index (χ0) is 20.3. The van der Waals surface area contributed by atoms with Gasteiger partial charge in [-0.3, -0.25) is 4.79 Å². The van der Waals surface area contributed by atoms with E-state index < -0.39 is 24.3 Å². The van der Waals surface area contributed by atoms with E-state index in [1.54, 1.807) is 4.90 Å². The van der Waals surface area contributed by atoms with E-state index in [-0.39, 0.29) is 23.0 Å². The van der Waals surface area contributed by atoms with Crippen LogP contribution in [-0.4, -0.2) is 36.5 Å². The van der Waals surface area contributed by atoms with Crippen molar-refractivity contribution in [1.82, 2.24) is 4.90 Å². The molecule has 0 spiro atoms. The SMILES string of the molecule is C[C@@H]1CCCN(C(=O)COC(=O)c2ccc(-c3cccc(C(F)(F)F)c3)o2)C1. The van der Waals surface area contributed by atoms with Gasteiger partial charge in [0.1, 0.15) is 5.76 Å². The Bertz CT molecular complexity index is 859. The van der Waals surface area contributed by atoms with Crippen LogP contribution in [0.25, 0.3) is 11.3 Å². The van der Waals surface area contributed by atoms with Gasteiger partial charge in [-0.25, -0.2) is 4.79 Å². The number of furan rings is 1. The second-order valence-electron chi connectivity index (χ2n) is 6.91. The monoisotopic (exact) mass is 395 g/mol. The van der Waals surface area contributed by atoms with Crippen molar-refractivity contribution in [3.8, 4) is 11.3 Å². The maximum atomic E-state index is 12.8. The molecule has 1 amide bonds. The molecule has 1 aromatic carbocycles. The quantitative estimate of drug-likeness (QED) is 0.721. The number of carbonyl (C=O) groups is 2. The van der Waals surface area contributed by atoms with Crippen LogP contribution in [0.3, 0.4) is 0 Å². The van der Waals surface area contributed by atoms with Crippen LogP contribution in [0.2, 0.25) is 0 Å². The summed E-state index contributed by atoms with van der Waals surface area (Å²) in [6.45, 7) is 2.94. The number of hydrogen-bond acceptors (Lipinski definition) is 4. The van der Waals surface area contributed by atoms with Crippen molar-refractivity contribution in [1.29, 1.82) is 0 Å². The number of nitrogens with zero attached hydrogens (tertiary/aromatic N) is 1. The third-order valence-electron chi connectivity index (χ3n) is 4.62. The number of likely N-dealkylation sites (tertiary alicyclic amines) is 1. The summed E-state index contributed by atoms with van der Waals surface area (Å²) < 4.78 is 48.8. The van der Waals surface area contributed by atoms with Crippen LogP contribution in [0.15, 0.2) is 40.8 Å². The fourth-order valence-corrected chi connectivity index (χ4v) is 3.16. The van der Waals surface area contributed by atoms with E-state index in [1.807, 2.05) is 0 Å². The van der Waals surface area contributed by atoms with Crippen LogP contribution >= 0.6 is 0 Å². The smallest absolute Gasteiger partial charge is 0.416 e. The molecule has 28 heavy (non-hydrogen) atoms. The molecule has 2 aromatic rings. The van der Waals surface area contributed by atoms with Crippen molar-refractivity contribution in [2.24, 2.45) is 5.92 Å². The Morgan fingerprint density at radius 2 is 2.04 bits per heavy atom. The molecule has 8 heteroatoms. The first-order chi connectivity index (χ1) is 13.2. The lowest BCUT2D eigenvalue weighted by Crippen LogP contribution is -2.41. The first-order valence-corrected chi connectivity index (χ1v) is 8.96. The van der Waals surface area contributed by atoms with Gasteiger partial charge in [0.2, 0.25) is 5.76 Å². The van der Waals surface area contributed by atoms with Crippen LogP contribution in [0.4, 0.5) is 13.2 Å². The Balaban J connectivity index is 1.62. The number of alkyl halides is 3. The number of benzene rings is 1. The molecule has 1 aliphatic heterocycles. The Hall–Kier alpha value is -2.77. The maximum absolute atomic E-state index is 12.8. The van der Waals surface area contributed by atoms with Crippen molar-refractivity contribution in [3.05, 3.63) is 47.7 Å². The minimum Gasteiger partial charge on any atom is -0.450 e. The van der Waals surface area contributed by atoms with Crippen molar-refractivity contribution < 1.29 is 31.9 Å². The third-order valence-corrected chi connectivity index (χ3v) is 4.62. The van der Waals surface area contributed by atoms with E-state index in [1.165, 1.54) is 24.3 Å². The summed E-state index contributed by atoms with van der Waals surface area (Å²) in [5.74, 6) is -0.767. The van der Waals surface area contributed by atoms with Gasteiger partial charge in [-0.15, -0.1) is 0 Å². The number of ether oxygens (including phenoxy) is 1. The molecule has 150 valence electrons. The first kappa shape index (κ1) is 20.0. The molecule has 1 atom stereocenters. The number of esters is 1. The molecule has 1 aromatic heterocycles. The highest BCUT2D eigenvalue weighted by molar-refractivity contribution is 5.89. The largest absolute Gasteiger partial charge is 0.450 e. The van der Waals surface area contributed by atoms with Crippen molar-refractivity contribution in [2.75, 3.05) is 19.7 Å². The number of rotatable bonds is 4. The average Bonchev–Trinajstić information content (AvgIpc) is 3.15. The maximum Gasteiger partial charge on any atom is 0.416 e. The lowest BCUT2D eigenvalue weighted by molar-refractivity contribution is -0.137. The van der Waals surface area contributed by atoms with E-state index in [2.05, 4.69) is 6.92 Å². The van der Waals surface area contributed by atoms with Gasteiger partial charge in [0.25, 0.3) is 5.91 Å². The molecule has 1 saturated heterocycles. The summed E-state index contributed by atoms with van der Waals surface area (Å²) in [4.78, 5) is 25.9. The number of carbonyl (C=O) groups excluding carboxylic acids is 2. The van der Waals surface area contributed by atoms with E-state index in [0.29, 0.717) is 19.0 Å². The predicted octanol–water partition coefficient (Wildman–Crippen LogP) is 4.38. The fourth-order valence-electron chi connectivity index (χ4n) is 3.16. The summed E-state index contributed by atoms with van der Waals surface area (Å²) in [5, 5.41) is 0. The minimum atomic E-state index is -4.48. The summed E-state index contributed by atoms with van der Waals surface area (Å²) in [7, 11) is 0. The Morgan fingerprint density at radius 1 is 1.25 bits per heavy atom. The molecule has 5 nitrogen and oxygen atoms in total. The van der Waals surface area contributed by atoms with Gasteiger partial charge in [-0.2, -0.15) is 13.2 Å². The van der Waals surface area contributed by atoms with Gasteiger partial charge in [0.05, 0.1) is 5.56 Å². The van der Waals surface area contributed by atoms with Gasteiger partial charge < -0.3 is 14.1 Å². The number of amides is 1. The zero-order valence-electron chi connectivity index (χ0n) is 15.3. The summed E-state index contributed by atoms with van der Waals surface area (Å²) in [6.07, 6.45) is -2.50. The Labute approximate surface area is 160 Å². The standard InChI is InChI=1S/C20H20F3NO4/c1-13-4-3-9-24(11-13)18(25)12-27-19(26)17-8-7-16(28-17)14-5-2-6-15(10-14)20(21,22)23/h2,5-8,10,13H,3-4,9,11-12H2,1H3/t13-/m1/s1. The number of halogens is 3. The molecule has 0 aliphatic carbocycles. The minimum absolute atomic E-state index is 0.106. The van der Waals surface area contributed by atoms with E-state index in [4.69, 9.17) is 9.15 Å². The lowest BCUT2D eigenvalue weighted by atomic mass is 10.0. The predicted molar refractivity (Wildman–Crippen MR) is 94.4 cm³/mol. The molecule has 0 unspecified atom stereocenters. The second kappa shape index (κ2) is 8.08. The Kier molecular flexibility index (Phi) is 5.76. The molecule has 0 saturated carbocycles. The van der Waals surface area contributed by atoms with Gasteiger partial charge >= 0.3 is 12.1 Å². The Morgan fingerprint density at radius 3 is 2.75 bits per heavy atom. The normalized spacial score (nSPS) is 17.4. The molecule has 0 N–H and O–H groups in total. The van der Waals surface area contributed by atoms with E-state index >= 15 is 0 Å². The lowest BCUT2D eigenvalue weighted by Gasteiger charge is -2.30. The van der Waals surface area contributed by atoms with Crippen LogP contribution in [0.1, 0.15) is 35.9 Å². The fraction of sp³-hybridized carbons (Fsp3) is 0.400. The number of hydrogen-bond donors (Lipinski definition) is 0. The molecule has 2 heterocycles. The zero-order valence-corrected chi connectivity index (χ0v) is 15.3. The van der Waals surface area contributed by atoms with Gasteiger partial charge in [0.15, 0.2) is 6.61 Å². The van der Waals surface area contributed by atoms with Crippen molar-refractivity contribution >= 4 is 11.9 Å². The second-order valence-corrected chi connectivity index (χ2v) is 6.91. The highest BCUT2D eigenvalue weighted by atomic mass is 19.4. The van der Waals surface area contributed by atoms with Gasteiger partial charge in [0, 0.05) is 18.7 Å². The van der Waals surface area contributed by atoms with Gasteiger partial charge in [-0.1, -0.05) is 19.1 Å². The highest BCUT2D eigenvalue weighted by Gasteiger charge is 2.30. The van der Waals surface area contributed by atoms with Crippen LogP contribution in [0, 0.1) is 5.92 Å². The first-order valence-electron chi connectivity index (χ1n) is 8.96. The molecule has 1 aliphatic rings.